The molecular formula is C21H24ClN5OS. The normalized spacial score (nSPS) is 11.1. The van der Waals surface area contributed by atoms with Crippen LogP contribution in [0.2, 0.25) is 5.02 Å². The maximum atomic E-state index is 11.8. The molecule has 6 nitrogen and oxygen atoms in total. The van der Waals surface area contributed by atoms with Crippen molar-refractivity contribution in [3.63, 3.8) is 0 Å². The zero-order valence-electron chi connectivity index (χ0n) is 16.7. The molecule has 8 heteroatoms. The Morgan fingerprint density at radius 3 is 2.45 bits per heavy atom. The van der Waals surface area contributed by atoms with E-state index in [1.54, 1.807) is 30.8 Å². The lowest BCUT2D eigenvalue weighted by molar-refractivity contribution is -0.122. The van der Waals surface area contributed by atoms with Crippen LogP contribution < -0.4 is 10.6 Å². The van der Waals surface area contributed by atoms with Crippen molar-refractivity contribution in [3.05, 3.63) is 47.0 Å². The van der Waals surface area contributed by atoms with Gasteiger partial charge in [0.2, 0.25) is 5.91 Å². The molecule has 2 aromatic carbocycles. The molecule has 0 fully saturated rings. The molecule has 0 aliphatic carbocycles. The summed E-state index contributed by atoms with van der Waals surface area (Å²) in [6, 6.07) is 11.7. The second-order valence-electron chi connectivity index (χ2n) is 7.18. The van der Waals surface area contributed by atoms with E-state index in [4.69, 9.17) is 23.8 Å². The number of halogens is 1. The van der Waals surface area contributed by atoms with Gasteiger partial charge in [0.15, 0.2) is 5.11 Å². The van der Waals surface area contributed by atoms with Gasteiger partial charge in [-0.25, -0.2) is 0 Å². The number of unbranched alkanes of at least 4 members (excludes halogenated alkanes) is 1. The number of nitrogens with one attached hydrogen (secondary N) is 2. The molecular weight excluding hydrogens is 406 g/mol. The van der Waals surface area contributed by atoms with E-state index in [0.29, 0.717) is 21.7 Å². The smallest absolute Gasteiger partial charge is 0.228 e. The monoisotopic (exact) mass is 429 g/mol. The Bertz CT molecular complexity index is 1030. The van der Waals surface area contributed by atoms with Gasteiger partial charge in [-0.1, -0.05) is 50.9 Å². The van der Waals surface area contributed by atoms with Gasteiger partial charge in [0.1, 0.15) is 11.0 Å². The maximum Gasteiger partial charge on any atom is 0.228 e. The van der Waals surface area contributed by atoms with Gasteiger partial charge >= 0.3 is 0 Å². The largest absolute Gasteiger partial charge is 0.331 e. The molecule has 3 aromatic rings. The Morgan fingerprint density at radius 1 is 1.17 bits per heavy atom. The summed E-state index contributed by atoms with van der Waals surface area (Å²) < 4.78 is 0. The first-order valence-electron chi connectivity index (χ1n) is 9.65. The molecule has 0 atom stereocenters. The minimum absolute atomic E-state index is 0.159. The number of rotatable bonds is 6. The zero-order chi connectivity index (χ0) is 21.0. The van der Waals surface area contributed by atoms with Crippen molar-refractivity contribution in [2.45, 2.75) is 40.0 Å². The quantitative estimate of drug-likeness (QED) is 0.546. The number of amides is 1. The number of fused-ring (bicyclic) bond motifs is 1. The molecule has 29 heavy (non-hydrogen) atoms. The minimum Gasteiger partial charge on any atom is -0.331 e. The number of aryl methyl sites for hydroxylation is 1. The van der Waals surface area contributed by atoms with E-state index < -0.39 is 0 Å². The molecule has 1 heterocycles. The topological polar surface area (TPSA) is 71.8 Å². The number of aromatic nitrogens is 3. The SMILES string of the molecule is CCCCc1ccc(-n2nc3cc(Cl)c(NC(=S)NC(=O)C(C)C)cc3n2)cc1. The van der Waals surface area contributed by atoms with E-state index >= 15 is 0 Å². The highest BCUT2D eigenvalue weighted by Crippen LogP contribution is 2.27. The third-order valence-corrected chi connectivity index (χ3v) is 4.98. The van der Waals surface area contributed by atoms with Crippen LogP contribution in [0.1, 0.15) is 39.2 Å². The first-order valence-corrected chi connectivity index (χ1v) is 10.4. The molecule has 0 spiro atoms. The van der Waals surface area contributed by atoms with Gasteiger partial charge in [0.25, 0.3) is 0 Å². The molecule has 0 saturated heterocycles. The number of anilines is 1. The first kappa shape index (κ1) is 21.2. The lowest BCUT2D eigenvalue weighted by atomic mass is 10.1. The lowest BCUT2D eigenvalue weighted by Gasteiger charge is -2.12. The van der Waals surface area contributed by atoms with Crippen molar-refractivity contribution in [3.8, 4) is 5.69 Å². The molecule has 152 valence electrons. The Balaban J connectivity index is 1.80. The molecule has 0 aliphatic rings. The molecule has 0 saturated carbocycles. The molecule has 3 rings (SSSR count). The van der Waals surface area contributed by atoms with Crippen LogP contribution in [0.5, 0.6) is 0 Å². The van der Waals surface area contributed by atoms with Crippen LogP contribution in [-0.4, -0.2) is 26.0 Å². The highest BCUT2D eigenvalue weighted by atomic mass is 35.5. The van der Waals surface area contributed by atoms with Crippen molar-refractivity contribution >= 4 is 51.6 Å². The average molecular weight is 430 g/mol. The standard InChI is InChI=1S/C21H24ClN5OS/c1-4-5-6-14-7-9-15(10-8-14)27-25-18-11-16(22)17(12-19(18)26-27)23-21(29)24-20(28)13(2)3/h7-13H,4-6H2,1-3H3,(H2,23,24,28,29). The highest BCUT2D eigenvalue weighted by Gasteiger charge is 2.13. The van der Waals surface area contributed by atoms with Crippen molar-refractivity contribution in [2.75, 3.05) is 5.32 Å². The molecule has 0 radical (unpaired) electrons. The molecule has 0 bridgehead atoms. The fourth-order valence-electron chi connectivity index (χ4n) is 2.74. The fourth-order valence-corrected chi connectivity index (χ4v) is 3.15. The number of thiocarbonyl (C=S) groups is 1. The molecule has 1 amide bonds. The summed E-state index contributed by atoms with van der Waals surface area (Å²) in [5, 5.41) is 15.3. The van der Waals surface area contributed by atoms with Gasteiger partial charge < -0.3 is 10.6 Å². The van der Waals surface area contributed by atoms with Crippen molar-refractivity contribution in [2.24, 2.45) is 5.92 Å². The lowest BCUT2D eigenvalue weighted by Crippen LogP contribution is -2.36. The van der Waals surface area contributed by atoms with E-state index in [9.17, 15) is 4.79 Å². The number of nitrogens with zero attached hydrogens (tertiary/aromatic N) is 3. The van der Waals surface area contributed by atoms with E-state index in [1.165, 1.54) is 18.4 Å². The van der Waals surface area contributed by atoms with Gasteiger partial charge in [-0.05, 0) is 54.9 Å². The fraction of sp³-hybridized carbons (Fsp3) is 0.333. The van der Waals surface area contributed by atoms with Gasteiger partial charge in [0.05, 0.1) is 16.4 Å². The number of hydrogen-bond acceptors (Lipinski definition) is 4. The summed E-state index contributed by atoms with van der Waals surface area (Å²) in [6.45, 7) is 5.78. The summed E-state index contributed by atoms with van der Waals surface area (Å²) in [5.41, 5.74) is 4.10. The Hall–Kier alpha value is -2.51. The highest BCUT2D eigenvalue weighted by molar-refractivity contribution is 7.80. The predicted octanol–water partition coefficient (Wildman–Crippen LogP) is 4.89. The van der Waals surface area contributed by atoms with E-state index in [1.807, 2.05) is 12.1 Å². The molecule has 2 N–H and O–H groups in total. The molecule has 0 aliphatic heterocycles. The van der Waals surface area contributed by atoms with Gasteiger partial charge in [-0.2, -0.15) is 4.80 Å². The van der Waals surface area contributed by atoms with Gasteiger partial charge in [-0.3, -0.25) is 4.79 Å². The maximum absolute atomic E-state index is 11.8. The number of hydrogen-bond donors (Lipinski definition) is 2. The number of carbonyl (C=O) groups is 1. The minimum atomic E-state index is -0.166. The van der Waals surface area contributed by atoms with Gasteiger partial charge in [-0.15, -0.1) is 10.2 Å². The first-order chi connectivity index (χ1) is 13.9. The van der Waals surface area contributed by atoms with Crippen LogP contribution in [0.4, 0.5) is 5.69 Å². The van der Waals surface area contributed by atoms with E-state index in [2.05, 4.69) is 39.9 Å². The van der Waals surface area contributed by atoms with Crippen molar-refractivity contribution in [1.82, 2.24) is 20.3 Å². The molecule has 1 aromatic heterocycles. The number of carbonyl (C=O) groups excluding carboxylic acids is 1. The predicted molar refractivity (Wildman–Crippen MR) is 122 cm³/mol. The third kappa shape index (κ3) is 5.31. The second-order valence-corrected chi connectivity index (χ2v) is 7.99. The van der Waals surface area contributed by atoms with Crippen LogP contribution in [-0.2, 0) is 11.2 Å². The third-order valence-electron chi connectivity index (χ3n) is 4.46. The van der Waals surface area contributed by atoms with Crippen LogP contribution in [0.15, 0.2) is 36.4 Å². The summed E-state index contributed by atoms with van der Waals surface area (Å²) in [4.78, 5) is 13.4. The summed E-state index contributed by atoms with van der Waals surface area (Å²) in [7, 11) is 0. The van der Waals surface area contributed by atoms with Gasteiger partial charge in [0, 0.05) is 5.92 Å². The van der Waals surface area contributed by atoms with Crippen LogP contribution in [0, 0.1) is 5.92 Å². The summed E-state index contributed by atoms with van der Waals surface area (Å²) in [6.07, 6.45) is 3.43. The zero-order valence-corrected chi connectivity index (χ0v) is 18.3. The number of benzene rings is 2. The van der Waals surface area contributed by atoms with Crippen LogP contribution in [0.25, 0.3) is 16.7 Å². The summed E-state index contributed by atoms with van der Waals surface area (Å²) in [5.74, 6) is -0.325. The summed E-state index contributed by atoms with van der Waals surface area (Å²) >= 11 is 11.6. The Kier molecular flexibility index (Phi) is 6.82. The second kappa shape index (κ2) is 9.33. The average Bonchev–Trinajstić information content (AvgIpc) is 3.09. The van der Waals surface area contributed by atoms with Crippen molar-refractivity contribution in [1.29, 1.82) is 0 Å². The van der Waals surface area contributed by atoms with E-state index in [-0.39, 0.29) is 16.9 Å². The van der Waals surface area contributed by atoms with Crippen LogP contribution in [0.3, 0.4) is 0 Å². The van der Waals surface area contributed by atoms with Crippen molar-refractivity contribution < 1.29 is 4.79 Å². The van der Waals surface area contributed by atoms with Crippen LogP contribution >= 0.6 is 23.8 Å². The Labute approximate surface area is 180 Å². The Morgan fingerprint density at radius 2 is 1.83 bits per heavy atom. The molecule has 0 unspecified atom stereocenters. The van der Waals surface area contributed by atoms with E-state index in [0.717, 1.165) is 12.1 Å².